The average Bonchev–Trinajstić information content (AvgIpc) is 2.56. The van der Waals surface area contributed by atoms with Gasteiger partial charge in [-0.1, -0.05) is 83.6 Å². The number of halogens is 1. The highest BCUT2D eigenvalue weighted by molar-refractivity contribution is 9.11. The standard InChI is InChI=1S/C19H22BrNO2/c1-18(14-21)10-11-19(2,9-8-16(20)12-18)17(22)23-13-15-6-4-3-5-7-15/h3-12H,13-14,21H2,1-2H3/b9-8-,11-10-,16-12+. The molecule has 1 aromatic rings. The van der Waals surface area contributed by atoms with Crippen molar-refractivity contribution in [2.24, 2.45) is 16.6 Å². The second-order valence-electron chi connectivity index (χ2n) is 6.25. The lowest BCUT2D eigenvalue weighted by Crippen LogP contribution is -2.29. The summed E-state index contributed by atoms with van der Waals surface area (Å²) in [5.41, 5.74) is 5.71. The Labute approximate surface area is 146 Å². The summed E-state index contributed by atoms with van der Waals surface area (Å²) in [6.45, 7) is 4.60. The van der Waals surface area contributed by atoms with Gasteiger partial charge < -0.3 is 10.5 Å². The van der Waals surface area contributed by atoms with Crippen LogP contribution in [0.15, 0.2) is 65.2 Å². The van der Waals surface area contributed by atoms with E-state index in [0.29, 0.717) is 6.54 Å². The van der Waals surface area contributed by atoms with Gasteiger partial charge in [0.05, 0.1) is 0 Å². The summed E-state index contributed by atoms with van der Waals surface area (Å²) < 4.78 is 6.40. The van der Waals surface area contributed by atoms with Crippen LogP contribution >= 0.6 is 15.9 Å². The minimum absolute atomic E-state index is 0.266. The summed E-state index contributed by atoms with van der Waals surface area (Å²) in [6.07, 6.45) is 9.60. The SMILES string of the molecule is CC1(CN)/C=C\C(C)(C(=O)OCc2ccccc2)/C=C\C(Br)=C/1. The molecule has 0 spiro atoms. The summed E-state index contributed by atoms with van der Waals surface area (Å²) in [4.78, 5) is 12.6. The molecule has 2 rings (SSSR count). The number of benzene rings is 1. The number of hydrogen-bond donors (Lipinski definition) is 1. The molecule has 23 heavy (non-hydrogen) atoms. The fourth-order valence-corrected chi connectivity index (χ4v) is 2.88. The van der Waals surface area contributed by atoms with Crippen LogP contribution in [0.3, 0.4) is 0 Å². The highest BCUT2D eigenvalue weighted by Crippen LogP contribution is 2.32. The monoisotopic (exact) mass is 375 g/mol. The van der Waals surface area contributed by atoms with Gasteiger partial charge in [-0.25, -0.2) is 0 Å². The Hall–Kier alpha value is -1.65. The molecule has 2 unspecified atom stereocenters. The lowest BCUT2D eigenvalue weighted by atomic mass is 9.81. The van der Waals surface area contributed by atoms with Gasteiger partial charge in [0.2, 0.25) is 0 Å². The minimum Gasteiger partial charge on any atom is -0.460 e. The number of carbonyl (C=O) groups excluding carboxylic acids is 1. The lowest BCUT2D eigenvalue weighted by Gasteiger charge is -2.26. The predicted octanol–water partition coefficient (Wildman–Crippen LogP) is 4.11. The van der Waals surface area contributed by atoms with Crippen LogP contribution in [0.4, 0.5) is 0 Å². The van der Waals surface area contributed by atoms with Gasteiger partial charge in [0.1, 0.15) is 12.0 Å². The maximum Gasteiger partial charge on any atom is 0.319 e. The topological polar surface area (TPSA) is 52.3 Å². The normalized spacial score (nSPS) is 32.1. The molecule has 122 valence electrons. The molecule has 0 aromatic heterocycles. The van der Waals surface area contributed by atoms with Crippen LogP contribution in [0.5, 0.6) is 0 Å². The van der Waals surface area contributed by atoms with Crippen molar-refractivity contribution in [3.8, 4) is 0 Å². The first-order chi connectivity index (χ1) is 10.9. The van der Waals surface area contributed by atoms with E-state index in [1.807, 2.05) is 74.6 Å². The zero-order valence-electron chi connectivity index (χ0n) is 13.5. The van der Waals surface area contributed by atoms with Crippen LogP contribution in [-0.2, 0) is 16.1 Å². The number of rotatable bonds is 4. The molecule has 0 amide bonds. The van der Waals surface area contributed by atoms with Gasteiger partial charge in [0.25, 0.3) is 0 Å². The number of ether oxygens (including phenoxy) is 1. The Morgan fingerprint density at radius 1 is 1.17 bits per heavy atom. The predicted molar refractivity (Wildman–Crippen MR) is 96.8 cm³/mol. The first-order valence-electron chi connectivity index (χ1n) is 7.56. The lowest BCUT2D eigenvalue weighted by molar-refractivity contribution is -0.151. The number of carbonyl (C=O) groups is 1. The van der Waals surface area contributed by atoms with E-state index < -0.39 is 5.41 Å². The molecule has 0 bridgehead atoms. The van der Waals surface area contributed by atoms with Crippen molar-refractivity contribution in [3.05, 3.63) is 70.8 Å². The van der Waals surface area contributed by atoms with E-state index in [0.717, 1.165) is 10.0 Å². The van der Waals surface area contributed by atoms with E-state index >= 15 is 0 Å². The van der Waals surface area contributed by atoms with E-state index in [1.54, 1.807) is 0 Å². The van der Waals surface area contributed by atoms with Crippen LogP contribution in [-0.4, -0.2) is 12.5 Å². The van der Waals surface area contributed by atoms with Gasteiger partial charge in [0, 0.05) is 16.4 Å². The van der Waals surface area contributed by atoms with E-state index in [9.17, 15) is 4.79 Å². The maximum absolute atomic E-state index is 12.6. The molecule has 2 N–H and O–H groups in total. The Kier molecular flexibility index (Phi) is 5.60. The zero-order chi connectivity index (χ0) is 16.9. The van der Waals surface area contributed by atoms with E-state index in [-0.39, 0.29) is 18.0 Å². The van der Waals surface area contributed by atoms with Crippen molar-refractivity contribution in [2.75, 3.05) is 6.54 Å². The van der Waals surface area contributed by atoms with Crippen LogP contribution < -0.4 is 5.73 Å². The first kappa shape index (κ1) is 17.7. The third-order valence-electron chi connectivity index (χ3n) is 3.96. The van der Waals surface area contributed by atoms with Crippen molar-refractivity contribution in [3.63, 3.8) is 0 Å². The molecule has 1 aliphatic carbocycles. The second kappa shape index (κ2) is 7.28. The van der Waals surface area contributed by atoms with Gasteiger partial charge in [-0.05, 0) is 12.5 Å². The van der Waals surface area contributed by atoms with Gasteiger partial charge in [-0.15, -0.1) is 0 Å². The molecular weight excluding hydrogens is 354 g/mol. The Bertz CT molecular complexity index is 651. The van der Waals surface area contributed by atoms with Crippen molar-refractivity contribution in [2.45, 2.75) is 20.5 Å². The molecule has 4 heteroatoms. The molecular formula is C19H22BrNO2. The van der Waals surface area contributed by atoms with Crippen LogP contribution in [0.25, 0.3) is 0 Å². The zero-order valence-corrected chi connectivity index (χ0v) is 15.0. The van der Waals surface area contributed by atoms with Crippen LogP contribution in [0, 0.1) is 10.8 Å². The highest BCUT2D eigenvalue weighted by atomic mass is 79.9. The second-order valence-corrected chi connectivity index (χ2v) is 7.17. The molecule has 0 saturated carbocycles. The smallest absolute Gasteiger partial charge is 0.319 e. The summed E-state index contributed by atoms with van der Waals surface area (Å²) in [5.74, 6) is -0.282. The molecule has 0 fully saturated rings. The summed E-state index contributed by atoms with van der Waals surface area (Å²) in [7, 11) is 0. The Balaban J connectivity index is 2.17. The highest BCUT2D eigenvalue weighted by Gasteiger charge is 2.32. The minimum atomic E-state index is -0.821. The third kappa shape index (κ3) is 4.66. The van der Waals surface area contributed by atoms with Gasteiger partial charge in [-0.3, -0.25) is 4.79 Å². The van der Waals surface area contributed by atoms with Gasteiger partial charge >= 0.3 is 5.97 Å². The fraction of sp³-hybridized carbons (Fsp3) is 0.316. The average molecular weight is 376 g/mol. The number of nitrogens with two attached hydrogens (primary N) is 1. The molecule has 2 atom stereocenters. The van der Waals surface area contributed by atoms with E-state index in [1.165, 1.54) is 0 Å². The van der Waals surface area contributed by atoms with Crippen molar-refractivity contribution in [1.82, 2.24) is 0 Å². The van der Waals surface area contributed by atoms with Crippen molar-refractivity contribution in [1.29, 1.82) is 0 Å². The first-order valence-corrected chi connectivity index (χ1v) is 8.35. The van der Waals surface area contributed by atoms with Crippen LogP contribution in [0.2, 0.25) is 0 Å². The molecule has 0 radical (unpaired) electrons. The van der Waals surface area contributed by atoms with Gasteiger partial charge in [-0.2, -0.15) is 0 Å². The van der Waals surface area contributed by atoms with Crippen molar-refractivity contribution >= 4 is 21.9 Å². The Morgan fingerprint density at radius 3 is 2.52 bits per heavy atom. The molecule has 0 heterocycles. The number of hydrogen-bond acceptors (Lipinski definition) is 3. The maximum atomic E-state index is 12.6. The van der Waals surface area contributed by atoms with Crippen molar-refractivity contribution < 1.29 is 9.53 Å². The van der Waals surface area contributed by atoms with E-state index in [2.05, 4.69) is 15.9 Å². The summed E-state index contributed by atoms with van der Waals surface area (Å²) in [5, 5.41) is 0. The molecule has 1 aliphatic rings. The van der Waals surface area contributed by atoms with E-state index in [4.69, 9.17) is 10.5 Å². The van der Waals surface area contributed by atoms with Crippen LogP contribution in [0.1, 0.15) is 19.4 Å². The van der Waals surface area contributed by atoms with Gasteiger partial charge in [0.15, 0.2) is 0 Å². The third-order valence-corrected chi connectivity index (χ3v) is 4.45. The summed E-state index contributed by atoms with van der Waals surface area (Å²) >= 11 is 3.50. The molecule has 3 nitrogen and oxygen atoms in total. The largest absolute Gasteiger partial charge is 0.460 e. The molecule has 0 aliphatic heterocycles. The molecule has 1 aromatic carbocycles. The summed E-state index contributed by atoms with van der Waals surface area (Å²) in [6, 6.07) is 9.66. The quantitative estimate of drug-likeness (QED) is 0.636. The fourth-order valence-electron chi connectivity index (χ4n) is 2.22. The Morgan fingerprint density at radius 2 is 1.87 bits per heavy atom. The number of esters is 1. The molecule has 0 saturated heterocycles. The number of allylic oxidation sites excluding steroid dienone is 2.